The normalized spacial score (nSPS) is 8.53. The molecule has 0 amide bonds. The smallest absolute Gasteiger partial charge is 1.00 e. The maximum absolute atomic E-state index is 9.03. The molecule has 0 saturated carbocycles. The van der Waals surface area contributed by atoms with Crippen molar-refractivity contribution in [2.75, 3.05) is 0 Å². The Labute approximate surface area is 133 Å². The van der Waals surface area contributed by atoms with Gasteiger partial charge >= 0.3 is 109 Å². The van der Waals surface area contributed by atoms with E-state index in [-0.39, 0.29) is 24.8 Å². The Hall–Kier alpha value is -1.31. The molecule has 5 heteroatoms. The second-order valence-electron chi connectivity index (χ2n) is 3.20. The summed E-state index contributed by atoms with van der Waals surface area (Å²) < 4.78 is 2.13. The Balaban J connectivity index is 0.00000162. The minimum atomic E-state index is -0.483. The number of halogens is 2. The number of benzene rings is 2. The van der Waals surface area contributed by atoms with Crippen molar-refractivity contribution in [2.24, 2.45) is 0 Å². The fraction of sp³-hybridized carbons (Fsp3) is 0. The minimum absolute atomic E-state index is 0. The van der Waals surface area contributed by atoms with Crippen molar-refractivity contribution in [2.45, 2.75) is 0 Å². The van der Waals surface area contributed by atoms with Crippen LogP contribution in [0.4, 0.5) is 0 Å². The summed E-state index contributed by atoms with van der Waals surface area (Å²) in [6.45, 7) is 0. The van der Waals surface area contributed by atoms with E-state index in [1.54, 1.807) is 0 Å². The first-order valence-electron chi connectivity index (χ1n) is 4.92. The van der Waals surface area contributed by atoms with Crippen molar-refractivity contribution in [3.05, 3.63) is 59.7 Å². The van der Waals surface area contributed by atoms with Gasteiger partial charge in [-0.25, -0.2) is 0 Å². The van der Waals surface area contributed by atoms with Gasteiger partial charge < -0.3 is 24.8 Å². The van der Waals surface area contributed by atoms with Gasteiger partial charge in [-0.3, -0.25) is 0 Å². The second kappa shape index (κ2) is 8.73. The first-order chi connectivity index (χ1) is 8.35. The van der Waals surface area contributed by atoms with Gasteiger partial charge in [0.05, 0.1) is 0 Å². The molecule has 0 aliphatic heterocycles. The zero-order chi connectivity index (χ0) is 12.1. The van der Waals surface area contributed by atoms with E-state index in [2.05, 4.69) is 12.1 Å². The summed E-state index contributed by atoms with van der Waals surface area (Å²) in [5, 5.41) is 18.1. The van der Waals surface area contributed by atoms with Gasteiger partial charge in [-0.05, 0) is 0 Å². The summed E-state index contributed by atoms with van der Waals surface area (Å²) in [6, 6.07) is 19.6. The third kappa shape index (κ3) is 4.37. The van der Waals surface area contributed by atoms with E-state index in [4.69, 9.17) is 10.5 Å². The Morgan fingerprint density at radius 2 is 1.05 bits per heavy atom. The van der Waals surface area contributed by atoms with E-state index >= 15 is 0 Å². The van der Waals surface area contributed by atoms with Crippen LogP contribution in [0.15, 0.2) is 48.5 Å². The number of nitrogens with zero attached hydrogens (tertiary/aromatic N) is 2. The molecule has 19 heavy (non-hydrogen) atoms. The van der Waals surface area contributed by atoms with Crippen LogP contribution in [-0.4, -0.2) is 0 Å². The van der Waals surface area contributed by atoms with Crippen molar-refractivity contribution in [3.63, 3.8) is 0 Å². The molecule has 0 aliphatic rings. The molecule has 0 spiro atoms. The zero-order valence-electron chi connectivity index (χ0n) is 9.59. The van der Waals surface area contributed by atoms with Crippen LogP contribution in [-0.2, 0) is 18.6 Å². The predicted molar refractivity (Wildman–Crippen MR) is 61.6 cm³/mol. The average Bonchev–Trinajstić information content (AvgIpc) is 2.40. The number of rotatable bonds is 2. The average molecular weight is 470 g/mol. The minimum Gasteiger partial charge on any atom is -1.00 e. The molecular formula is C14H8Cl2N2Pt. The van der Waals surface area contributed by atoms with Crippen LogP contribution in [0.5, 0.6) is 0 Å². The quantitative estimate of drug-likeness (QED) is 0.445. The molecule has 0 bridgehead atoms. The van der Waals surface area contributed by atoms with E-state index in [1.165, 1.54) is 0 Å². The van der Waals surface area contributed by atoms with Crippen molar-refractivity contribution in [3.8, 4) is 12.1 Å². The van der Waals surface area contributed by atoms with E-state index in [1.807, 2.05) is 48.5 Å². The van der Waals surface area contributed by atoms with Crippen LogP contribution in [0.2, 0.25) is 0 Å². The third-order valence-corrected chi connectivity index (χ3v) is 5.31. The molecule has 0 radical (unpaired) electrons. The summed E-state index contributed by atoms with van der Waals surface area (Å²) in [7, 11) is 0. The number of hydrogen-bond acceptors (Lipinski definition) is 2. The molecule has 0 atom stereocenters. The SMILES string of the molecule is N#Cc1cccc[c]1[Pt+2][c]1ccccc1C#N.[Cl-].[Cl-]. The maximum Gasteiger partial charge on any atom is -1.00 e. The molecule has 0 unspecified atom stereocenters. The zero-order valence-corrected chi connectivity index (χ0v) is 13.4. The van der Waals surface area contributed by atoms with Crippen molar-refractivity contribution in [1.82, 2.24) is 0 Å². The van der Waals surface area contributed by atoms with Crippen molar-refractivity contribution < 1.29 is 43.4 Å². The monoisotopic (exact) mass is 469 g/mol. The largest absolute Gasteiger partial charge is 1.00 e. The van der Waals surface area contributed by atoms with E-state index in [0.717, 1.165) is 7.91 Å². The van der Waals surface area contributed by atoms with E-state index in [9.17, 15) is 0 Å². The number of nitriles is 2. The Kier molecular flexibility index (Phi) is 8.13. The Morgan fingerprint density at radius 1 is 0.684 bits per heavy atom. The number of hydrogen-bond donors (Lipinski definition) is 0. The molecule has 0 heterocycles. The van der Waals surface area contributed by atoms with Gasteiger partial charge in [0.1, 0.15) is 0 Å². The van der Waals surface area contributed by atoms with Gasteiger partial charge in [0, 0.05) is 0 Å². The van der Waals surface area contributed by atoms with E-state index in [0.29, 0.717) is 11.1 Å². The summed E-state index contributed by atoms with van der Waals surface area (Å²) in [6.07, 6.45) is 0. The molecule has 2 nitrogen and oxygen atoms in total. The molecule has 2 aromatic rings. The van der Waals surface area contributed by atoms with Gasteiger partial charge in [0.25, 0.3) is 0 Å². The predicted octanol–water partition coefficient (Wildman–Crippen LogP) is -4.53. The van der Waals surface area contributed by atoms with Gasteiger partial charge in [0.15, 0.2) is 0 Å². The second-order valence-corrected chi connectivity index (χ2v) is 6.21. The molecule has 0 N–H and O–H groups in total. The van der Waals surface area contributed by atoms with Crippen LogP contribution < -0.4 is 32.7 Å². The fourth-order valence-electron chi connectivity index (χ4n) is 1.30. The molecule has 2 rings (SSSR count). The topological polar surface area (TPSA) is 47.6 Å². The van der Waals surface area contributed by atoms with Crippen LogP contribution in [0.25, 0.3) is 0 Å². The molecule has 98 valence electrons. The van der Waals surface area contributed by atoms with Gasteiger partial charge in [-0.1, -0.05) is 0 Å². The summed E-state index contributed by atoms with van der Waals surface area (Å²) in [5.74, 6) is 0. The summed E-state index contributed by atoms with van der Waals surface area (Å²) >= 11 is -0.483. The van der Waals surface area contributed by atoms with Crippen molar-refractivity contribution in [1.29, 1.82) is 10.5 Å². The molecule has 2 aromatic carbocycles. The third-order valence-electron chi connectivity index (χ3n) is 2.11. The Morgan fingerprint density at radius 3 is 1.42 bits per heavy atom. The van der Waals surface area contributed by atoms with Gasteiger partial charge in [0.2, 0.25) is 0 Å². The summed E-state index contributed by atoms with van der Waals surface area (Å²) in [5.41, 5.74) is 1.43. The van der Waals surface area contributed by atoms with Crippen LogP contribution in [0.1, 0.15) is 11.1 Å². The first kappa shape index (κ1) is 17.7. The van der Waals surface area contributed by atoms with Gasteiger partial charge in [-0.2, -0.15) is 0 Å². The van der Waals surface area contributed by atoms with Gasteiger partial charge in [-0.15, -0.1) is 0 Å². The van der Waals surface area contributed by atoms with E-state index < -0.39 is 18.6 Å². The molecule has 0 aliphatic carbocycles. The molecule has 0 aromatic heterocycles. The standard InChI is InChI=1S/2C7H4N.2ClH.Pt/c2*8-6-7-4-2-1-3-5-7;;;/h2*1-4H;2*1H;/q;;;;+2/p-2. The summed E-state index contributed by atoms with van der Waals surface area (Å²) in [4.78, 5) is 0. The Bertz CT molecular complexity index is 574. The van der Waals surface area contributed by atoms with Crippen LogP contribution in [0.3, 0.4) is 0 Å². The molecular weight excluding hydrogens is 462 g/mol. The van der Waals surface area contributed by atoms with Crippen molar-refractivity contribution >= 4 is 7.91 Å². The van der Waals surface area contributed by atoms with Crippen LogP contribution in [0, 0.1) is 22.7 Å². The first-order valence-corrected chi connectivity index (χ1v) is 7.19. The molecule has 0 saturated heterocycles. The van der Waals surface area contributed by atoms with Crippen LogP contribution >= 0.6 is 0 Å². The maximum atomic E-state index is 9.03. The molecule has 0 fully saturated rings. The fourth-order valence-corrected chi connectivity index (χ4v) is 4.02.